The van der Waals surface area contributed by atoms with Gasteiger partial charge in [-0.05, 0) is 25.7 Å². The third-order valence-corrected chi connectivity index (χ3v) is 12.3. The van der Waals surface area contributed by atoms with Crippen LogP contribution in [0.4, 0.5) is 0 Å². The van der Waals surface area contributed by atoms with Gasteiger partial charge in [0, 0.05) is 31.1 Å². The first-order valence-corrected chi connectivity index (χ1v) is 25.5. The number of unbranched alkanes of at least 4 members (excludes halogenated alkanes) is 26. The van der Waals surface area contributed by atoms with E-state index in [1.807, 2.05) is 0 Å². The van der Waals surface area contributed by atoms with Crippen LogP contribution in [0, 0.1) is 0 Å². The Morgan fingerprint density at radius 3 is 1.37 bits per heavy atom. The molecule has 11 nitrogen and oxygen atoms in total. The zero-order valence-corrected chi connectivity index (χ0v) is 39.0. The van der Waals surface area contributed by atoms with E-state index in [1.165, 1.54) is 172 Å². The first-order chi connectivity index (χ1) is 28.7. The Hall–Kier alpha value is -1.89. The van der Waals surface area contributed by atoms with Gasteiger partial charge in [-0.3, -0.25) is 19.2 Å². The molecule has 0 aliphatic heterocycles. The average Bonchev–Trinajstić information content (AvgIpc) is 3.21. The van der Waals surface area contributed by atoms with Crippen LogP contribution in [0.3, 0.4) is 0 Å². The summed E-state index contributed by atoms with van der Waals surface area (Å²) in [5, 5.41) is 14.1. The molecule has 0 aliphatic rings. The summed E-state index contributed by atoms with van der Waals surface area (Å²) in [5.41, 5.74) is 11.6. The highest BCUT2D eigenvalue weighted by atomic mass is 32.2. The lowest BCUT2D eigenvalue weighted by Gasteiger charge is -2.22. The van der Waals surface area contributed by atoms with Gasteiger partial charge in [-0.25, -0.2) is 0 Å². The van der Waals surface area contributed by atoms with E-state index in [-0.39, 0.29) is 25.4 Å². The molecule has 0 radical (unpaired) electrons. The smallest absolute Gasteiger partial charge is 0.303 e. The summed E-state index contributed by atoms with van der Waals surface area (Å²) in [6, 6.07) is -2.94. The van der Waals surface area contributed by atoms with Crippen molar-refractivity contribution < 1.29 is 33.8 Å². The van der Waals surface area contributed by atoms with E-state index in [9.17, 15) is 19.2 Å². The molecule has 348 valence electrons. The van der Waals surface area contributed by atoms with Gasteiger partial charge in [0.25, 0.3) is 0 Å². The van der Waals surface area contributed by atoms with Crippen molar-refractivity contribution >= 4 is 35.5 Å². The number of hydrogen-bond acceptors (Lipinski definition) is 8. The maximum Gasteiger partial charge on any atom is 0.303 e. The minimum atomic E-state index is -1.15. The molecule has 3 amide bonds. The normalized spacial score (nSPS) is 13.5. The number of hydrogen-bond donors (Lipinski definition) is 5. The van der Waals surface area contributed by atoms with E-state index in [0.717, 1.165) is 25.9 Å². The summed E-state index contributed by atoms with van der Waals surface area (Å²) in [6.07, 6.45) is 36.6. The highest BCUT2D eigenvalue weighted by Gasteiger charge is 2.26. The van der Waals surface area contributed by atoms with Gasteiger partial charge in [0.05, 0.1) is 18.8 Å². The molecule has 12 heteroatoms. The second-order valence-corrected chi connectivity index (χ2v) is 17.8. The number of thioether (sulfide) groups is 1. The van der Waals surface area contributed by atoms with Crippen molar-refractivity contribution in [1.29, 1.82) is 0 Å². The number of primary amides is 1. The van der Waals surface area contributed by atoms with Crippen LogP contribution in [0.25, 0.3) is 0 Å². The van der Waals surface area contributed by atoms with Gasteiger partial charge in [-0.1, -0.05) is 188 Å². The second-order valence-electron chi connectivity index (χ2n) is 16.8. The minimum absolute atomic E-state index is 0.102. The van der Waals surface area contributed by atoms with Crippen LogP contribution in [-0.4, -0.2) is 84.4 Å². The SMILES string of the molecule is CCCCCCCCCCCCCCCCOC[C@H](CSC[C@H](N)C(=O)N[C@@H](CC)C(=O)N[C@H](CCC(=O)O)C(N)=O)OCCCCCCCCCCCCCCCC. The fourth-order valence-corrected chi connectivity index (χ4v) is 8.16. The molecule has 0 saturated carbocycles. The number of amides is 3. The van der Waals surface area contributed by atoms with Gasteiger partial charge >= 0.3 is 5.97 Å². The molecule has 0 fully saturated rings. The predicted octanol–water partition coefficient (Wildman–Crippen LogP) is 10.1. The highest BCUT2D eigenvalue weighted by molar-refractivity contribution is 7.99. The fourth-order valence-electron chi connectivity index (χ4n) is 7.16. The van der Waals surface area contributed by atoms with Gasteiger partial charge in [-0.15, -0.1) is 0 Å². The predicted molar refractivity (Wildman–Crippen MR) is 247 cm³/mol. The summed E-state index contributed by atoms with van der Waals surface area (Å²) in [6.45, 7) is 8.17. The van der Waals surface area contributed by atoms with Crippen molar-refractivity contribution in [3.05, 3.63) is 0 Å². The van der Waals surface area contributed by atoms with Crippen molar-refractivity contribution in [3.8, 4) is 0 Å². The van der Waals surface area contributed by atoms with Gasteiger partial charge in [-0.2, -0.15) is 11.8 Å². The standard InChI is InChI=1S/C47H92N4O7S/c1-4-7-9-11-13-15-17-19-21-23-25-27-29-31-35-57-37-40(58-36-32-30-28-26-24-22-20-18-16-14-12-10-8-5-2)38-59-39-41(48)46(55)50-42(6-3)47(56)51-43(45(49)54)33-34-44(52)53/h40-43H,4-39,48H2,1-3H3,(H2,49,54)(H,50,55)(H,51,56)(H,52,53)/t40-,41+,42+,43-/m1/s1. The van der Waals surface area contributed by atoms with Crippen LogP contribution in [0.1, 0.15) is 220 Å². The Bertz CT molecular complexity index is 1010. The summed E-state index contributed by atoms with van der Waals surface area (Å²) in [7, 11) is 0. The average molecular weight is 857 g/mol. The van der Waals surface area contributed by atoms with Crippen molar-refractivity contribution in [2.75, 3.05) is 31.3 Å². The topological polar surface area (TPSA) is 183 Å². The van der Waals surface area contributed by atoms with E-state index in [2.05, 4.69) is 24.5 Å². The summed E-state index contributed by atoms with van der Waals surface area (Å²) in [5.74, 6) is -2.05. The van der Waals surface area contributed by atoms with Crippen molar-refractivity contribution in [3.63, 3.8) is 0 Å². The molecule has 0 aromatic carbocycles. The lowest BCUT2D eigenvalue weighted by molar-refractivity contribution is -0.137. The van der Waals surface area contributed by atoms with E-state index in [1.54, 1.807) is 6.92 Å². The monoisotopic (exact) mass is 857 g/mol. The molecule has 0 heterocycles. The largest absolute Gasteiger partial charge is 0.481 e. The third-order valence-electron chi connectivity index (χ3n) is 11.1. The van der Waals surface area contributed by atoms with E-state index >= 15 is 0 Å². The molecule has 0 saturated heterocycles. The number of nitrogens with two attached hydrogens (primary N) is 2. The van der Waals surface area contributed by atoms with Crippen LogP contribution < -0.4 is 22.1 Å². The maximum atomic E-state index is 12.9. The van der Waals surface area contributed by atoms with Crippen LogP contribution in [0.15, 0.2) is 0 Å². The van der Waals surface area contributed by atoms with E-state index < -0.39 is 41.8 Å². The molecule has 0 rings (SSSR count). The number of rotatable bonds is 46. The molecule has 0 aromatic rings. The van der Waals surface area contributed by atoms with Crippen LogP contribution in [0.5, 0.6) is 0 Å². The number of aliphatic carboxylic acids is 1. The number of nitrogens with one attached hydrogen (secondary N) is 2. The molecular formula is C47H92N4O7S. The van der Waals surface area contributed by atoms with Crippen molar-refractivity contribution in [1.82, 2.24) is 10.6 Å². The Labute approximate surface area is 365 Å². The molecule has 0 unspecified atom stereocenters. The lowest BCUT2D eigenvalue weighted by Crippen LogP contribution is -2.55. The number of carboxylic acids is 1. The molecule has 0 bridgehead atoms. The molecule has 0 aromatic heterocycles. The van der Waals surface area contributed by atoms with E-state index in [4.69, 9.17) is 26.0 Å². The molecule has 0 spiro atoms. The minimum Gasteiger partial charge on any atom is -0.481 e. The van der Waals surface area contributed by atoms with E-state index in [0.29, 0.717) is 24.7 Å². The molecule has 0 aliphatic carbocycles. The summed E-state index contributed by atoms with van der Waals surface area (Å²) >= 11 is 1.53. The zero-order chi connectivity index (χ0) is 43.6. The number of carbonyl (C=O) groups excluding carboxylic acids is 3. The van der Waals surface area contributed by atoms with Gasteiger partial charge < -0.3 is 36.7 Å². The molecular weight excluding hydrogens is 765 g/mol. The first kappa shape index (κ1) is 57.1. The maximum absolute atomic E-state index is 12.9. The van der Waals surface area contributed by atoms with Crippen LogP contribution in [0.2, 0.25) is 0 Å². The van der Waals surface area contributed by atoms with Crippen LogP contribution >= 0.6 is 11.8 Å². The van der Waals surface area contributed by atoms with Crippen LogP contribution in [-0.2, 0) is 28.7 Å². The lowest BCUT2D eigenvalue weighted by atomic mass is 10.0. The molecule has 4 atom stereocenters. The summed E-state index contributed by atoms with van der Waals surface area (Å²) in [4.78, 5) is 48.4. The Balaban J connectivity index is 4.58. The Morgan fingerprint density at radius 1 is 0.559 bits per heavy atom. The highest BCUT2D eigenvalue weighted by Crippen LogP contribution is 2.16. The molecule has 7 N–H and O–H groups in total. The number of carbonyl (C=O) groups is 4. The van der Waals surface area contributed by atoms with Crippen molar-refractivity contribution in [2.24, 2.45) is 11.5 Å². The van der Waals surface area contributed by atoms with Gasteiger partial charge in [0.15, 0.2) is 0 Å². The molecule has 59 heavy (non-hydrogen) atoms. The zero-order valence-electron chi connectivity index (χ0n) is 38.2. The second kappa shape index (κ2) is 42.8. The Kier molecular flexibility index (Phi) is 41.4. The quantitative estimate of drug-likeness (QED) is 0.0372. The number of ether oxygens (including phenoxy) is 2. The number of carboxylic acid groups (broad SMARTS) is 1. The fraction of sp³-hybridized carbons (Fsp3) is 0.915. The van der Waals surface area contributed by atoms with Gasteiger partial charge in [0.1, 0.15) is 12.1 Å². The summed E-state index contributed by atoms with van der Waals surface area (Å²) < 4.78 is 12.4. The first-order valence-electron chi connectivity index (χ1n) is 24.3. The van der Waals surface area contributed by atoms with Crippen molar-refractivity contribution in [2.45, 2.75) is 244 Å². The van der Waals surface area contributed by atoms with Gasteiger partial charge in [0.2, 0.25) is 17.7 Å². The third kappa shape index (κ3) is 37.6. The Morgan fingerprint density at radius 2 is 0.966 bits per heavy atom.